The number of nitrogens with zero attached hydrogens (tertiary/aromatic N) is 4. The Morgan fingerprint density at radius 3 is 2.94 bits per heavy atom. The number of carboxylic acids is 1. The second kappa shape index (κ2) is 4.58. The molecule has 0 unspecified atom stereocenters. The molecule has 0 atom stereocenters. The zero-order chi connectivity index (χ0) is 11.5. The van der Waals surface area contributed by atoms with E-state index in [-0.39, 0.29) is 11.0 Å². The van der Waals surface area contributed by atoms with Gasteiger partial charge < -0.3 is 9.52 Å². The fourth-order valence-corrected chi connectivity index (χ4v) is 1.97. The number of hydrogen-bond acceptors (Lipinski definition) is 8. The average Bonchev–Trinajstić information content (AvgIpc) is 2.83. The molecule has 0 saturated heterocycles. The largest absolute Gasteiger partial charge is 0.481 e. The van der Waals surface area contributed by atoms with E-state index in [0.717, 1.165) is 23.3 Å². The van der Waals surface area contributed by atoms with Gasteiger partial charge in [-0.1, -0.05) is 16.3 Å². The Balaban J connectivity index is 2.14. The maximum absolute atomic E-state index is 10.3. The molecular weight excluding hydrogens is 252 g/mol. The van der Waals surface area contributed by atoms with Gasteiger partial charge in [-0.3, -0.25) is 4.79 Å². The van der Waals surface area contributed by atoms with Gasteiger partial charge in [0.05, 0.1) is 5.69 Å². The zero-order valence-corrected chi connectivity index (χ0v) is 9.71. The molecule has 0 saturated carbocycles. The molecule has 0 spiro atoms. The molecule has 0 amide bonds. The van der Waals surface area contributed by atoms with Crippen molar-refractivity contribution in [3.8, 4) is 10.8 Å². The number of hydrogen-bond donors (Lipinski definition) is 1. The van der Waals surface area contributed by atoms with E-state index >= 15 is 0 Å². The number of carboxylic acid groups (broad SMARTS) is 1. The molecular formula is C7H6N4O3S2. The van der Waals surface area contributed by atoms with E-state index in [1.807, 2.05) is 0 Å². The van der Waals surface area contributed by atoms with Gasteiger partial charge in [-0.05, 0) is 18.5 Å². The van der Waals surface area contributed by atoms with E-state index in [1.54, 1.807) is 6.92 Å². The van der Waals surface area contributed by atoms with Gasteiger partial charge in [-0.15, -0.1) is 15.3 Å². The summed E-state index contributed by atoms with van der Waals surface area (Å²) < 4.78 is 9.01. The molecule has 2 heterocycles. The lowest BCUT2D eigenvalue weighted by atomic mass is 10.4. The van der Waals surface area contributed by atoms with E-state index in [0.29, 0.717) is 16.5 Å². The van der Waals surface area contributed by atoms with Crippen molar-refractivity contribution in [3.05, 3.63) is 5.69 Å². The van der Waals surface area contributed by atoms with Gasteiger partial charge in [0.1, 0.15) is 10.6 Å². The first-order chi connectivity index (χ1) is 7.66. The Hall–Kier alpha value is -1.48. The van der Waals surface area contributed by atoms with Crippen molar-refractivity contribution in [2.45, 2.75) is 12.1 Å². The quantitative estimate of drug-likeness (QED) is 0.812. The normalized spacial score (nSPS) is 10.6. The molecule has 9 heteroatoms. The SMILES string of the molecule is Cc1nnsc1-c1nnc(SCC(=O)O)o1. The fourth-order valence-electron chi connectivity index (χ4n) is 0.911. The maximum atomic E-state index is 10.3. The van der Waals surface area contributed by atoms with Crippen molar-refractivity contribution >= 4 is 29.3 Å². The van der Waals surface area contributed by atoms with E-state index < -0.39 is 5.97 Å². The lowest BCUT2D eigenvalue weighted by molar-refractivity contribution is -0.133. The van der Waals surface area contributed by atoms with Gasteiger partial charge in [-0.2, -0.15) is 0 Å². The van der Waals surface area contributed by atoms with Gasteiger partial charge in [-0.25, -0.2) is 0 Å². The van der Waals surface area contributed by atoms with Gasteiger partial charge in [0, 0.05) is 0 Å². The van der Waals surface area contributed by atoms with Crippen LogP contribution in [0.3, 0.4) is 0 Å². The summed E-state index contributed by atoms with van der Waals surface area (Å²) in [6.45, 7) is 1.78. The highest BCUT2D eigenvalue weighted by Crippen LogP contribution is 2.26. The predicted octanol–water partition coefficient (Wildman–Crippen LogP) is 1.07. The van der Waals surface area contributed by atoms with Crippen molar-refractivity contribution in [2.75, 3.05) is 5.75 Å². The highest BCUT2D eigenvalue weighted by molar-refractivity contribution is 7.99. The molecule has 0 aliphatic heterocycles. The molecule has 2 aromatic heterocycles. The van der Waals surface area contributed by atoms with Crippen molar-refractivity contribution in [2.24, 2.45) is 0 Å². The van der Waals surface area contributed by atoms with Crippen LogP contribution in [-0.2, 0) is 4.79 Å². The molecule has 84 valence electrons. The lowest BCUT2D eigenvalue weighted by Gasteiger charge is -1.89. The number of carbonyl (C=O) groups is 1. The van der Waals surface area contributed by atoms with Gasteiger partial charge in [0.25, 0.3) is 11.1 Å². The average molecular weight is 258 g/mol. The Kier molecular flexibility index (Phi) is 3.15. The Morgan fingerprint density at radius 1 is 1.50 bits per heavy atom. The smallest absolute Gasteiger partial charge is 0.314 e. The van der Waals surface area contributed by atoms with Crippen LogP contribution in [0.15, 0.2) is 9.64 Å². The molecule has 2 aromatic rings. The second-order valence-corrected chi connectivity index (χ2v) is 4.42. The molecule has 0 fully saturated rings. The summed E-state index contributed by atoms with van der Waals surface area (Å²) in [6.07, 6.45) is 0. The molecule has 0 radical (unpaired) electrons. The third-order valence-electron chi connectivity index (χ3n) is 1.57. The monoisotopic (exact) mass is 258 g/mol. The van der Waals surface area contributed by atoms with Crippen LogP contribution < -0.4 is 0 Å². The fraction of sp³-hybridized carbons (Fsp3) is 0.286. The van der Waals surface area contributed by atoms with Crippen LogP contribution in [0.4, 0.5) is 0 Å². The summed E-state index contributed by atoms with van der Waals surface area (Å²) in [5.41, 5.74) is 0.712. The third kappa shape index (κ3) is 2.36. The number of aliphatic carboxylic acids is 1. The minimum atomic E-state index is -0.930. The highest BCUT2D eigenvalue weighted by Gasteiger charge is 2.15. The number of rotatable bonds is 4. The Morgan fingerprint density at radius 2 is 2.31 bits per heavy atom. The molecule has 16 heavy (non-hydrogen) atoms. The summed E-state index contributed by atoms with van der Waals surface area (Å²) in [6, 6.07) is 0. The molecule has 0 bridgehead atoms. The first kappa shape index (κ1) is 11.0. The number of aryl methyl sites for hydroxylation is 1. The van der Waals surface area contributed by atoms with Crippen LogP contribution in [0, 0.1) is 6.92 Å². The topological polar surface area (TPSA) is 102 Å². The van der Waals surface area contributed by atoms with Crippen LogP contribution in [0.5, 0.6) is 0 Å². The maximum Gasteiger partial charge on any atom is 0.314 e. The van der Waals surface area contributed by atoms with E-state index in [2.05, 4.69) is 19.8 Å². The van der Waals surface area contributed by atoms with Crippen molar-refractivity contribution in [3.63, 3.8) is 0 Å². The molecule has 0 aromatic carbocycles. The van der Waals surface area contributed by atoms with Crippen molar-refractivity contribution < 1.29 is 14.3 Å². The minimum Gasteiger partial charge on any atom is -0.481 e. The molecule has 1 N–H and O–H groups in total. The Bertz CT molecular complexity index is 509. The van der Waals surface area contributed by atoms with Gasteiger partial charge in [0.15, 0.2) is 0 Å². The molecule has 0 aliphatic carbocycles. The van der Waals surface area contributed by atoms with Crippen LogP contribution in [0.25, 0.3) is 10.8 Å². The minimum absolute atomic E-state index is 0.110. The predicted molar refractivity (Wildman–Crippen MR) is 56.3 cm³/mol. The second-order valence-electron chi connectivity index (χ2n) is 2.74. The molecule has 7 nitrogen and oxygen atoms in total. The Labute approximate surface area is 98.1 Å². The summed E-state index contributed by atoms with van der Waals surface area (Å²) in [7, 11) is 0. The highest BCUT2D eigenvalue weighted by atomic mass is 32.2. The van der Waals surface area contributed by atoms with Crippen LogP contribution in [0.2, 0.25) is 0 Å². The molecule has 2 rings (SSSR count). The lowest BCUT2D eigenvalue weighted by Crippen LogP contribution is -1.97. The zero-order valence-electron chi connectivity index (χ0n) is 8.08. The van der Waals surface area contributed by atoms with E-state index in [1.165, 1.54) is 0 Å². The van der Waals surface area contributed by atoms with Crippen LogP contribution in [0.1, 0.15) is 5.69 Å². The van der Waals surface area contributed by atoms with Crippen LogP contribution >= 0.6 is 23.3 Å². The van der Waals surface area contributed by atoms with Crippen molar-refractivity contribution in [1.29, 1.82) is 0 Å². The standard InChI is InChI=1S/C7H6N4O3S2/c1-3-5(16-11-8-3)6-9-10-7(14-6)15-2-4(12)13/h2H2,1H3,(H,12,13). The van der Waals surface area contributed by atoms with Crippen molar-refractivity contribution in [1.82, 2.24) is 19.8 Å². The van der Waals surface area contributed by atoms with E-state index in [4.69, 9.17) is 9.52 Å². The van der Waals surface area contributed by atoms with Gasteiger partial charge in [0.2, 0.25) is 0 Å². The summed E-state index contributed by atoms with van der Waals surface area (Å²) in [5, 5.41) is 20.0. The summed E-state index contributed by atoms with van der Waals surface area (Å²) in [5.74, 6) is -0.720. The third-order valence-corrected chi connectivity index (χ3v) is 3.19. The first-order valence-electron chi connectivity index (χ1n) is 4.14. The summed E-state index contributed by atoms with van der Waals surface area (Å²) in [4.78, 5) is 11.0. The first-order valence-corrected chi connectivity index (χ1v) is 5.90. The van der Waals surface area contributed by atoms with Gasteiger partial charge >= 0.3 is 5.97 Å². The number of thioether (sulfide) groups is 1. The van der Waals surface area contributed by atoms with Crippen LogP contribution in [-0.4, -0.2) is 36.6 Å². The summed E-state index contributed by atoms with van der Waals surface area (Å²) >= 11 is 2.13. The molecule has 0 aliphatic rings. The number of aromatic nitrogens is 4. The van der Waals surface area contributed by atoms with E-state index in [9.17, 15) is 4.79 Å².